The van der Waals surface area contributed by atoms with E-state index in [-0.39, 0.29) is 11.9 Å². The van der Waals surface area contributed by atoms with Crippen LogP contribution in [0.2, 0.25) is 0 Å². The van der Waals surface area contributed by atoms with E-state index >= 15 is 0 Å². The van der Waals surface area contributed by atoms with Crippen molar-refractivity contribution in [2.45, 2.75) is 32.7 Å². The number of amides is 1. The molecule has 0 saturated carbocycles. The molecule has 0 unspecified atom stereocenters. The second-order valence-corrected chi connectivity index (χ2v) is 7.40. The molecule has 3 rings (SSSR count). The van der Waals surface area contributed by atoms with Crippen LogP contribution in [-0.2, 0) is 0 Å². The lowest BCUT2D eigenvalue weighted by Crippen LogP contribution is -2.51. The van der Waals surface area contributed by atoms with Gasteiger partial charge in [0.05, 0.1) is 9.88 Å². The molecule has 1 aliphatic heterocycles. The Labute approximate surface area is 141 Å². The van der Waals surface area contributed by atoms with Gasteiger partial charge in [0.15, 0.2) is 0 Å². The minimum atomic E-state index is 0.0233. The topological polar surface area (TPSA) is 59.2 Å². The predicted molar refractivity (Wildman–Crippen MR) is 94.6 cm³/mol. The second-order valence-electron chi connectivity index (χ2n) is 6.20. The number of aryl methyl sites for hydroxylation is 1. The van der Waals surface area contributed by atoms with Crippen LogP contribution >= 0.6 is 11.3 Å². The van der Waals surface area contributed by atoms with Gasteiger partial charge >= 0.3 is 0 Å². The Kier molecular flexibility index (Phi) is 4.78. The molecule has 122 valence electrons. The van der Waals surface area contributed by atoms with Crippen molar-refractivity contribution in [3.05, 3.63) is 41.0 Å². The van der Waals surface area contributed by atoms with Crippen molar-refractivity contribution < 1.29 is 4.79 Å². The number of hydrogen-bond donors (Lipinski definition) is 1. The molecule has 23 heavy (non-hydrogen) atoms. The van der Waals surface area contributed by atoms with Gasteiger partial charge in [-0.05, 0) is 31.2 Å². The van der Waals surface area contributed by atoms with Gasteiger partial charge in [0.1, 0.15) is 5.69 Å². The van der Waals surface area contributed by atoms with Crippen LogP contribution in [0.5, 0.6) is 0 Å². The highest BCUT2D eigenvalue weighted by molar-refractivity contribution is 7.15. The van der Waals surface area contributed by atoms with Crippen LogP contribution in [0.4, 0.5) is 0 Å². The molecule has 4 nitrogen and oxygen atoms in total. The number of likely N-dealkylation sites (tertiary alicyclic amines) is 1. The molecular formula is C18H23N3OS. The summed E-state index contributed by atoms with van der Waals surface area (Å²) in [6, 6.07) is 10.1. The van der Waals surface area contributed by atoms with Crippen molar-refractivity contribution >= 4 is 17.2 Å². The van der Waals surface area contributed by atoms with Gasteiger partial charge in [0.25, 0.3) is 5.91 Å². The number of benzene rings is 1. The molecule has 0 bridgehead atoms. The van der Waals surface area contributed by atoms with Crippen molar-refractivity contribution in [3.8, 4) is 10.4 Å². The lowest BCUT2D eigenvalue weighted by molar-refractivity contribution is 0.0528. The van der Waals surface area contributed by atoms with Crippen LogP contribution in [0, 0.1) is 12.8 Å². The first kappa shape index (κ1) is 16.1. The van der Waals surface area contributed by atoms with Gasteiger partial charge in [0, 0.05) is 19.1 Å². The molecule has 5 heteroatoms. The summed E-state index contributed by atoms with van der Waals surface area (Å²) in [5.41, 5.74) is 7.57. The maximum atomic E-state index is 13.1. The van der Waals surface area contributed by atoms with E-state index in [1.165, 1.54) is 0 Å². The third-order valence-corrected chi connectivity index (χ3v) is 5.61. The predicted octanol–water partition coefficient (Wildman–Crippen LogP) is 3.32. The molecule has 2 atom stereocenters. The van der Waals surface area contributed by atoms with Gasteiger partial charge < -0.3 is 10.6 Å². The summed E-state index contributed by atoms with van der Waals surface area (Å²) in [5.74, 6) is 0.466. The minimum absolute atomic E-state index is 0.0233. The molecule has 2 aromatic rings. The molecular weight excluding hydrogens is 306 g/mol. The molecule has 1 amide bonds. The van der Waals surface area contributed by atoms with E-state index in [1.807, 2.05) is 42.2 Å². The van der Waals surface area contributed by atoms with E-state index in [9.17, 15) is 4.79 Å². The number of carbonyl (C=O) groups excluding carboxylic acids is 1. The largest absolute Gasteiger partial charge is 0.333 e. The average Bonchev–Trinajstić information content (AvgIpc) is 2.96. The molecule has 0 spiro atoms. The van der Waals surface area contributed by atoms with Crippen molar-refractivity contribution in [1.29, 1.82) is 0 Å². The zero-order valence-corrected chi connectivity index (χ0v) is 14.5. The van der Waals surface area contributed by atoms with Crippen LogP contribution in [0.1, 0.15) is 35.3 Å². The molecule has 1 aliphatic rings. The molecule has 2 heterocycles. The van der Waals surface area contributed by atoms with Crippen molar-refractivity contribution in [2.75, 3.05) is 13.1 Å². The average molecular weight is 329 g/mol. The number of nitrogens with two attached hydrogens (primary N) is 1. The SMILES string of the molecule is Cc1nc(C(=O)N2CCC[C@@H](C)[C@H]2CN)c(-c2ccccc2)s1. The number of piperidine rings is 1. The van der Waals surface area contributed by atoms with E-state index in [1.54, 1.807) is 11.3 Å². The molecule has 2 N–H and O–H groups in total. The monoisotopic (exact) mass is 329 g/mol. The van der Waals surface area contributed by atoms with E-state index < -0.39 is 0 Å². The van der Waals surface area contributed by atoms with Gasteiger partial charge in [-0.3, -0.25) is 4.79 Å². The van der Waals surface area contributed by atoms with E-state index in [0.29, 0.717) is 18.2 Å². The Morgan fingerprint density at radius 1 is 1.39 bits per heavy atom. The first-order valence-corrected chi connectivity index (χ1v) is 8.97. The van der Waals surface area contributed by atoms with E-state index in [4.69, 9.17) is 5.73 Å². The van der Waals surface area contributed by atoms with Crippen molar-refractivity contribution in [2.24, 2.45) is 11.7 Å². The third-order valence-electron chi connectivity index (χ3n) is 4.59. The highest BCUT2D eigenvalue weighted by Crippen LogP contribution is 2.32. The summed E-state index contributed by atoms with van der Waals surface area (Å²) in [6.45, 7) is 5.42. The summed E-state index contributed by atoms with van der Waals surface area (Å²) in [7, 11) is 0. The lowest BCUT2D eigenvalue weighted by Gasteiger charge is -2.39. The van der Waals surface area contributed by atoms with Gasteiger partial charge in [0.2, 0.25) is 0 Å². The Hall–Kier alpha value is -1.72. The van der Waals surface area contributed by atoms with E-state index in [0.717, 1.165) is 34.8 Å². The van der Waals surface area contributed by atoms with Crippen LogP contribution in [0.15, 0.2) is 30.3 Å². The molecule has 0 aliphatic carbocycles. The van der Waals surface area contributed by atoms with Crippen LogP contribution in [0.3, 0.4) is 0 Å². The normalized spacial score (nSPS) is 21.4. The molecule has 0 radical (unpaired) electrons. The van der Waals surface area contributed by atoms with Gasteiger partial charge in [-0.25, -0.2) is 4.98 Å². The first-order chi connectivity index (χ1) is 11.1. The fraction of sp³-hybridized carbons (Fsp3) is 0.444. The summed E-state index contributed by atoms with van der Waals surface area (Å²) in [6.07, 6.45) is 2.17. The third kappa shape index (κ3) is 3.16. The summed E-state index contributed by atoms with van der Waals surface area (Å²) in [4.78, 5) is 20.6. The number of carbonyl (C=O) groups is 1. The smallest absolute Gasteiger partial charge is 0.274 e. The molecule has 1 saturated heterocycles. The van der Waals surface area contributed by atoms with Crippen LogP contribution < -0.4 is 5.73 Å². The van der Waals surface area contributed by atoms with Gasteiger partial charge in [-0.15, -0.1) is 11.3 Å². The number of rotatable bonds is 3. The van der Waals surface area contributed by atoms with Crippen molar-refractivity contribution in [1.82, 2.24) is 9.88 Å². The van der Waals surface area contributed by atoms with Crippen molar-refractivity contribution in [3.63, 3.8) is 0 Å². The second kappa shape index (κ2) is 6.81. The molecule has 1 aromatic carbocycles. The quantitative estimate of drug-likeness (QED) is 0.940. The molecule has 1 fully saturated rings. The standard InChI is InChI=1S/C18H23N3OS/c1-12-7-6-10-21(15(12)11-19)18(22)16-17(23-13(2)20-16)14-8-4-3-5-9-14/h3-5,8-9,12,15H,6-7,10-11,19H2,1-2H3/t12-,15-/m1/s1. The fourth-order valence-corrected chi connectivity index (χ4v) is 4.27. The maximum Gasteiger partial charge on any atom is 0.274 e. The number of nitrogens with zero attached hydrogens (tertiary/aromatic N) is 2. The van der Waals surface area contributed by atoms with Gasteiger partial charge in [-0.2, -0.15) is 0 Å². The number of aromatic nitrogens is 1. The highest BCUT2D eigenvalue weighted by Gasteiger charge is 2.33. The summed E-state index contributed by atoms with van der Waals surface area (Å²) in [5, 5.41) is 0.918. The number of hydrogen-bond acceptors (Lipinski definition) is 4. The Bertz CT molecular complexity index is 683. The van der Waals surface area contributed by atoms with E-state index in [2.05, 4.69) is 11.9 Å². The minimum Gasteiger partial charge on any atom is -0.333 e. The Morgan fingerprint density at radius 2 is 2.13 bits per heavy atom. The molecule has 1 aromatic heterocycles. The summed E-state index contributed by atoms with van der Waals surface area (Å²) >= 11 is 1.58. The highest BCUT2D eigenvalue weighted by atomic mass is 32.1. The zero-order valence-electron chi connectivity index (χ0n) is 13.7. The first-order valence-electron chi connectivity index (χ1n) is 8.15. The zero-order chi connectivity index (χ0) is 16.4. The Morgan fingerprint density at radius 3 is 2.83 bits per heavy atom. The maximum absolute atomic E-state index is 13.1. The lowest BCUT2D eigenvalue weighted by atomic mass is 9.90. The fourth-order valence-electron chi connectivity index (χ4n) is 3.35. The summed E-state index contributed by atoms with van der Waals surface area (Å²) < 4.78 is 0. The van der Waals surface area contributed by atoms with Crippen LogP contribution in [-0.4, -0.2) is 34.9 Å². The Balaban J connectivity index is 1.97. The van der Waals surface area contributed by atoms with Crippen LogP contribution in [0.25, 0.3) is 10.4 Å². The van der Waals surface area contributed by atoms with Gasteiger partial charge in [-0.1, -0.05) is 37.3 Å². The number of thiazole rings is 1.